The fourth-order valence-electron chi connectivity index (χ4n) is 4.39. The number of ketones is 1. The molecule has 1 amide bonds. The Balaban J connectivity index is 1.59. The molecular weight excluding hydrogens is 486 g/mol. The number of hydrogen-bond donors (Lipinski definition) is 1. The molecule has 0 radical (unpaired) electrons. The molecule has 8 nitrogen and oxygen atoms in total. The molecule has 1 unspecified atom stereocenters. The van der Waals surface area contributed by atoms with E-state index < -0.39 is 23.5 Å². The SMILES string of the molecule is COc1cccc(CN2C(=O)C(O)=C(C(=O)c3cc4cc(Cl)cc(OC)c4o3)C2c2ccc(C)o2)c1. The molecule has 1 aliphatic heterocycles. The van der Waals surface area contributed by atoms with Crippen molar-refractivity contribution in [3.8, 4) is 11.5 Å². The van der Waals surface area contributed by atoms with E-state index >= 15 is 0 Å². The van der Waals surface area contributed by atoms with Crippen LogP contribution < -0.4 is 9.47 Å². The van der Waals surface area contributed by atoms with Gasteiger partial charge in [-0.05, 0) is 48.9 Å². The Hall–Kier alpha value is -4.17. The summed E-state index contributed by atoms with van der Waals surface area (Å²) in [5, 5.41) is 11.9. The lowest BCUT2D eigenvalue weighted by atomic mass is 9.99. The first-order valence-electron chi connectivity index (χ1n) is 11.1. The van der Waals surface area contributed by atoms with Gasteiger partial charge in [0.1, 0.15) is 23.3 Å². The first kappa shape index (κ1) is 23.6. The average molecular weight is 508 g/mol. The van der Waals surface area contributed by atoms with Gasteiger partial charge in [-0.15, -0.1) is 0 Å². The fourth-order valence-corrected chi connectivity index (χ4v) is 4.61. The number of carbonyl (C=O) groups is 2. The van der Waals surface area contributed by atoms with Crippen molar-refractivity contribution in [1.29, 1.82) is 0 Å². The number of rotatable bonds is 7. The van der Waals surface area contributed by atoms with E-state index in [9.17, 15) is 14.7 Å². The molecular formula is C27H22ClNO7. The molecule has 184 valence electrons. The van der Waals surface area contributed by atoms with Crippen molar-refractivity contribution in [3.63, 3.8) is 0 Å². The maximum Gasteiger partial charge on any atom is 0.290 e. The van der Waals surface area contributed by atoms with E-state index in [0.29, 0.717) is 39.0 Å². The van der Waals surface area contributed by atoms with Crippen LogP contribution >= 0.6 is 11.6 Å². The highest BCUT2D eigenvalue weighted by Gasteiger charge is 2.46. The third-order valence-corrected chi connectivity index (χ3v) is 6.27. The van der Waals surface area contributed by atoms with Crippen molar-refractivity contribution in [1.82, 2.24) is 4.90 Å². The van der Waals surface area contributed by atoms with E-state index in [1.807, 2.05) is 6.07 Å². The number of halogens is 1. The molecule has 0 bridgehead atoms. The first-order valence-corrected chi connectivity index (χ1v) is 11.4. The molecule has 4 aromatic rings. The van der Waals surface area contributed by atoms with Crippen LogP contribution in [0.1, 0.15) is 33.7 Å². The van der Waals surface area contributed by atoms with E-state index in [0.717, 1.165) is 5.56 Å². The van der Waals surface area contributed by atoms with Crippen LogP contribution in [0.15, 0.2) is 74.8 Å². The number of Topliss-reactive ketones (excluding diaryl/α,β-unsaturated/α-hetero) is 1. The molecule has 2 aromatic heterocycles. The summed E-state index contributed by atoms with van der Waals surface area (Å²) >= 11 is 6.16. The molecule has 0 fully saturated rings. The van der Waals surface area contributed by atoms with E-state index in [1.165, 1.54) is 18.1 Å². The molecule has 2 aromatic carbocycles. The van der Waals surface area contributed by atoms with Gasteiger partial charge in [0.05, 0.1) is 19.8 Å². The number of aryl methyl sites for hydroxylation is 1. The van der Waals surface area contributed by atoms with Crippen LogP contribution in [0.3, 0.4) is 0 Å². The van der Waals surface area contributed by atoms with E-state index in [4.69, 9.17) is 29.9 Å². The summed E-state index contributed by atoms with van der Waals surface area (Å²) in [5.41, 5.74) is 0.940. The van der Waals surface area contributed by atoms with Crippen molar-refractivity contribution in [2.45, 2.75) is 19.5 Å². The smallest absolute Gasteiger partial charge is 0.290 e. The van der Waals surface area contributed by atoms with Gasteiger partial charge in [0.15, 0.2) is 22.9 Å². The molecule has 1 atom stereocenters. The van der Waals surface area contributed by atoms with Gasteiger partial charge in [-0.3, -0.25) is 9.59 Å². The van der Waals surface area contributed by atoms with E-state index in [2.05, 4.69) is 0 Å². The number of furan rings is 2. The van der Waals surface area contributed by atoms with Crippen molar-refractivity contribution >= 4 is 34.3 Å². The monoisotopic (exact) mass is 507 g/mol. The van der Waals surface area contributed by atoms with Gasteiger partial charge in [0.25, 0.3) is 5.91 Å². The summed E-state index contributed by atoms with van der Waals surface area (Å²) < 4.78 is 22.3. The van der Waals surface area contributed by atoms with Crippen molar-refractivity contribution in [2.24, 2.45) is 0 Å². The minimum Gasteiger partial charge on any atom is -0.503 e. The minimum atomic E-state index is -0.969. The maximum atomic E-state index is 13.7. The number of aliphatic hydroxyl groups is 1. The molecule has 0 saturated carbocycles. The fraction of sp³-hybridized carbons (Fsp3) is 0.185. The molecule has 0 aliphatic carbocycles. The van der Waals surface area contributed by atoms with E-state index in [1.54, 1.807) is 56.5 Å². The number of hydrogen-bond acceptors (Lipinski definition) is 7. The number of nitrogens with zero attached hydrogens (tertiary/aromatic N) is 1. The predicted molar refractivity (Wildman–Crippen MR) is 131 cm³/mol. The first-order chi connectivity index (χ1) is 17.3. The van der Waals surface area contributed by atoms with Crippen LogP contribution in [0.25, 0.3) is 11.0 Å². The Morgan fingerprint density at radius 1 is 1.08 bits per heavy atom. The predicted octanol–water partition coefficient (Wildman–Crippen LogP) is 5.78. The average Bonchev–Trinajstić information content (AvgIpc) is 3.56. The highest BCUT2D eigenvalue weighted by atomic mass is 35.5. The number of carbonyl (C=O) groups excluding carboxylic acids is 2. The standard InChI is InChI=1S/C27H22ClNO7/c1-14-7-8-19(35-14)23-22(24(30)20-11-16-10-17(28)12-21(34-3)26(16)36-20)25(31)27(32)29(23)13-15-5-4-6-18(9-15)33-2/h4-12,23,31H,13H2,1-3H3. The lowest BCUT2D eigenvalue weighted by Crippen LogP contribution is -2.30. The lowest BCUT2D eigenvalue weighted by molar-refractivity contribution is -0.130. The summed E-state index contributed by atoms with van der Waals surface area (Å²) in [4.78, 5) is 28.3. The van der Waals surface area contributed by atoms with Gasteiger partial charge in [-0.2, -0.15) is 0 Å². The Morgan fingerprint density at radius 3 is 2.58 bits per heavy atom. The summed E-state index contributed by atoms with van der Waals surface area (Å²) in [5.74, 6) is -0.167. The normalized spacial score (nSPS) is 15.7. The van der Waals surface area contributed by atoms with E-state index in [-0.39, 0.29) is 17.9 Å². The summed E-state index contributed by atoms with van der Waals surface area (Å²) in [6.45, 7) is 1.86. The highest BCUT2D eigenvalue weighted by Crippen LogP contribution is 2.42. The third-order valence-electron chi connectivity index (χ3n) is 6.06. The summed E-state index contributed by atoms with van der Waals surface area (Å²) in [6.07, 6.45) is 0. The molecule has 9 heteroatoms. The molecule has 1 aliphatic rings. The number of methoxy groups -OCH3 is 2. The lowest BCUT2D eigenvalue weighted by Gasteiger charge is -2.25. The highest BCUT2D eigenvalue weighted by molar-refractivity contribution is 6.31. The number of ether oxygens (including phenoxy) is 2. The molecule has 5 rings (SSSR count). The van der Waals surface area contributed by atoms with Gasteiger partial charge in [0, 0.05) is 23.0 Å². The van der Waals surface area contributed by atoms with Crippen LogP contribution in [0.5, 0.6) is 11.5 Å². The Bertz CT molecular complexity index is 1530. The van der Waals surface area contributed by atoms with Gasteiger partial charge < -0.3 is 28.3 Å². The number of fused-ring (bicyclic) bond motifs is 1. The van der Waals surface area contributed by atoms with Crippen molar-refractivity contribution in [2.75, 3.05) is 14.2 Å². The number of amides is 1. The molecule has 0 saturated heterocycles. The van der Waals surface area contributed by atoms with Crippen LogP contribution in [0, 0.1) is 6.92 Å². The molecule has 3 heterocycles. The van der Waals surface area contributed by atoms with Gasteiger partial charge in [0.2, 0.25) is 5.78 Å². The topological polar surface area (TPSA) is 102 Å². The van der Waals surface area contributed by atoms with Gasteiger partial charge in [-0.1, -0.05) is 23.7 Å². The Kier molecular flexibility index (Phi) is 5.97. The number of benzene rings is 2. The third kappa shape index (κ3) is 3.99. The van der Waals surface area contributed by atoms with Crippen LogP contribution in [-0.4, -0.2) is 35.9 Å². The van der Waals surface area contributed by atoms with Crippen LogP contribution in [0.2, 0.25) is 5.02 Å². The second-order valence-electron chi connectivity index (χ2n) is 8.36. The minimum absolute atomic E-state index is 0.0728. The van der Waals surface area contributed by atoms with Gasteiger partial charge in [-0.25, -0.2) is 0 Å². The summed E-state index contributed by atoms with van der Waals surface area (Å²) in [7, 11) is 3.01. The molecule has 36 heavy (non-hydrogen) atoms. The van der Waals surface area contributed by atoms with Crippen LogP contribution in [-0.2, 0) is 11.3 Å². The zero-order valence-corrected chi connectivity index (χ0v) is 20.5. The molecule has 0 spiro atoms. The Morgan fingerprint density at radius 2 is 1.89 bits per heavy atom. The second kappa shape index (κ2) is 9.13. The second-order valence-corrected chi connectivity index (χ2v) is 8.80. The quantitative estimate of drug-likeness (QED) is 0.316. The Labute approximate surface area is 211 Å². The van der Waals surface area contributed by atoms with Gasteiger partial charge >= 0.3 is 0 Å². The largest absolute Gasteiger partial charge is 0.503 e. The maximum absolute atomic E-state index is 13.7. The molecule has 1 N–H and O–H groups in total. The van der Waals surface area contributed by atoms with Crippen molar-refractivity contribution in [3.05, 3.63) is 93.8 Å². The number of aliphatic hydroxyl groups excluding tert-OH is 1. The zero-order chi connectivity index (χ0) is 25.6. The zero-order valence-electron chi connectivity index (χ0n) is 19.7. The van der Waals surface area contributed by atoms with Crippen molar-refractivity contribution < 1.29 is 33.0 Å². The summed E-state index contributed by atoms with van der Waals surface area (Å²) in [6, 6.07) is 14.3. The van der Waals surface area contributed by atoms with Crippen LogP contribution in [0.4, 0.5) is 0 Å².